The van der Waals surface area contributed by atoms with Gasteiger partial charge in [0.2, 0.25) is 0 Å². The average molecular weight is 802 g/mol. The highest BCUT2D eigenvalue weighted by Gasteiger charge is 2.51. The molecule has 1 aliphatic carbocycles. The van der Waals surface area contributed by atoms with Gasteiger partial charge < -0.3 is 9.64 Å². The number of para-hydroxylation sites is 2. The van der Waals surface area contributed by atoms with Gasteiger partial charge in [-0.05, 0) is 107 Å². The molecule has 11 aromatic rings. The third-order valence-corrected chi connectivity index (χ3v) is 15.1. The Morgan fingerprint density at radius 1 is 0.433 bits per heavy atom. The van der Waals surface area contributed by atoms with Crippen molar-refractivity contribution in [2.24, 2.45) is 0 Å². The number of fused-ring (bicyclic) bond motifs is 15. The van der Waals surface area contributed by atoms with Crippen molar-refractivity contribution in [1.29, 1.82) is 0 Å². The van der Waals surface area contributed by atoms with Gasteiger partial charge in [0.25, 0.3) is 0 Å². The zero-order chi connectivity index (χ0) is 39.5. The summed E-state index contributed by atoms with van der Waals surface area (Å²) in [6.45, 7) is 2.18. The maximum atomic E-state index is 7.29. The van der Waals surface area contributed by atoms with E-state index in [1.165, 1.54) is 84.9 Å². The molecule has 0 saturated carbocycles. The van der Waals surface area contributed by atoms with Crippen LogP contribution < -0.4 is 9.64 Å². The second kappa shape index (κ2) is 12.8. The third-order valence-electron chi connectivity index (χ3n) is 12.8. The standard InChI is InChI=1S/C56H35NOS2/c1-34-25-28-50-41(31-34)42-32-36(26-29-51(42)59-50)57(37-27-30-52-43(33-37)54-38(17-11-24-53(54)60-52)35-13-3-2-4-14-35)48-22-12-21-47-55(48)58-49-23-10-9-20-46(49)56(47)44-18-7-5-15-39(44)40-16-6-8-19-45(40)56/h2-33H,1H3. The molecule has 4 heteroatoms. The van der Waals surface area contributed by atoms with Crippen LogP contribution in [-0.4, -0.2) is 0 Å². The Balaban J connectivity index is 1.12. The van der Waals surface area contributed by atoms with Crippen molar-refractivity contribution >= 4 is 80.1 Å². The van der Waals surface area contributed by atoms with Gasteiger partial charge in [-0.1, -0.05) is 133 Å². The molecule has 0 bridgehead atoms. The molecule has 13 rings (SSSR count). The van der Waals surface area contributed by atoms with Crippen LogP contribution in [0.25, 0.3) is 62.6 Å². The lowest BCUT2D eigenvalue weighted by Gasteiger charge is -2.41. The number of benzene rings is 9. The highest BCUT2D eigenvalue weighted by Crippen LogP contribution is 2.64. The first-order valence-corrected chi connectivity index (χ1v) is 22.1. The molecule has 0 fully saturated rings. The normalized spacial score (nSPS) is 13.3. The number of thiophene rings is 2. The van der Waals surface area contributed by atoms with E-state index >= 15 is 0 Å². The van der Waals surface area contributed by atoms with Crippen molar-refractivity contribution in [3.05, 3.63) is 222 Å². The molecule has 2 aliphatic rings. The SMILES string of the molecule is Cc1ccc2sc3ccc(N(c4ccc5sc6cccc(-c7ccccc7)c6c5c4)c4cccc5c4Oc4ccccc4C54c5ccccc5-c5ccccc54)cc3c2c1. The van der Waals surface area contributed by atoms with Crippen molar-refractivity contribution in [2.45, 2.75) is 12.3 Å². The Hall–Kier alpha value is -6.98. The van der Waals surface area contributed by atoms with Gasteiger partial charge in [0.05, 0.1) is 11.1 Å². The van der Waals surface area contributed by atoms with Gasteiger partial charge in [0.1, 0.15) is 5.75 Å². The molecular formula is C56H35NOS2. The fourth-order valence-electron chi connectivity index (χ4n) is 10.3. The summed E-state index contributed by atoms with van der Waals surface area (Å²) < 4.78 is 12.4. The van der Waals surface area contributed by atoms with Crippen LogP contribution in [0.5, 0.6) is 11.5 Å². The Kier molecular flexibility index (Phi) is 7.22. The Labute approximate surface area is 355 Å². The molecule has 0 radical (unpaired) electrons. The van der Waals surface area contributed by atoms with Gasteiger partial charge in [-0.2, -0.15) is 0 Å². The number of anilines is 3. The van der Waals surface area contributed by atoms with Gasteiger partial charge in [0.15, 0.2) is 5.75 Å². The first-order chi connectivity index (χ1) is 29.6. The van der Waals surface area contributed by atoms with Gasteiger partial charge >= 0.3 is 0 Å². The highest BCUT2D eigenvalue weighted by atomic mass is 32.1. The summed E-state index contributed by atoms with van der Waals surface area (Å²) in [4.78, 5) is 2.44. The summed E-state index contributed by atoms with van der Waals surface area (Å²) in [7, 11) is 0. The van der Waals surface area contributed by atoms with Gasteiger partial charge in [-0.25, -0.2) is 0 Å². The fourth-order valence-corrected chi connectivity index (χ4v) is 12.5. The van der Waals surface area contributed by atoms with E-state index in [0.717, 1.165) is 34.1 Å². The molecule has 1 aliphatic heterocycles. The molecule has 1 spiro atoms. The first kappa shape index (κ1) is 33.9. The fraction of sp³-hybridized carbons (Fsp3) is 0.0357. The summed E-state index contributed by atoms with van der Waals surface area (Å²) in [6, 6.07) is 71.7. The van der Waals surface area contributed by atoms with Crippen LogP contribution in [0, 0.1) is 6.92 Å². The van der Waals surface area contributed by atoms with Gasteiger partial charge in [-0.15, -0.1) is 22.7 Å². The topological polar surface area (TPSA) is 12.5 Å². The summed E-state index contributed by atoms with van der Waals surface area (Å²) in [5, 5.41) is 5.10. The second-order valence-corrected chi connectivity index (χ2v) is 18.2. The van der Waals surface area contributed by atoms with Gasteiger partial charge in [0, 0.05) is 62.8 Å². The predicted molar refractivity (Wildman–Crippen MR) is 254 cm³/mol. The summed E-state index contributed by atoms with van der Waals surface area (Å²) in [6.07, 6.45) is 0. The minimum Gasteiger partial charge on any atom is -0.454 e. The number of hydrogen-bond acceptors (Lipinski definition) is 4. The van der Waals surface area contributed by atoms with Crippen molar-refractivity contribution in [1.82, 2.24) is 0 Å². The summed E-state index contributed by atoms with van der Waals surface area (Å²) >= 11 is 3.72. The zero-order valence-electron chi connectivity index (χ0n) is 32.6. The molecule has 2 aromatic heterocycles. The van der Waals surface area contributed by atoms with E-state index in [2.05, 4.69) is 206 Å². The van der Waals surface area contributed by atoms with Crippen LogP contribution in [0.4, 0.5) is 17.1 Å². The molecule has 60 heavy (non-hydrogen) atoms. The smallest absolute Gasteiger partial charge is 0.156 e. The predicted octanol–water partition coefficient (Wildman–Crippen LogP) is 16.3. The first-order valence-electron chi connectivity index (χ1n) is 20.5. The quantitative estimate of drug-likeness (QED) is 0.176. The molecule has 282 valence electrons. The highest BCUT2D eigenvalue weighted by molar-refractivity contribution is 7.26. The Morgan fingerprint density at radius 2 is 1.00 bits per heavy atom. The van der Waals surface area contributed by atoms with Crippen LogP contribution >= 0.6 is 22.7 Å². The molecule has 9 aromatic carbocycles. The van der Waals surface area contributed by atoms with E-state index in [1.807, 2.05) is 22.7 Å². The van der Waals surface area contributed by atoms with Crippen LogP contribution in [0.2, 0.25) is 0 Å². The summed E-state index contributed by atoms with van der Waals surface area (Å²) in [5.41, 5.74) is 13.8. The zero-order valence-corrected chi connectivity index (χ0v) is 34.3. The number of rotatable bonds is 4. The minimum absolute atomic E-state index is 0.567. The molecule has 3 heterocycles. The van der Waals surface area contributed by atoms with Crippen molar-refractivity contribution in [3.63, 3.8) is 0 Å². The molecule has 2 nitrogen and oxygen atoms in total. The lowest BCUT2D eigenvalue weighted by atomic mass is 9.66. The molecule has 0 amide bonds. The maximum absolute atomic E-state index is 7.29. The Morgan fingerprint density at radius 3 is 1.77 bits per heavy atom. The lowest BCUT2D eigenvalue weighted by Crippen LogP contribution is -2.32. The van der Waals surface area contributed by atoms with Crippen LogP contribution in [0.15, 0.2) is 194 Å². The number of aryl methyl sites for hydroxylation is 1. The molecule has 0 atom stereocenters. The molecule has 0 unspecified atom stereocenters. The Bertz CT molecular complexity index is 3510. The summed E-state index contributed by atoms with van der Waals surface area (Å²) in [5.74, 6) is 1.75. The molecular weight excluding hydrogens is 767 g/mol. The van der Waals surface area contributed by atoms with E-state index in [1.54, 1.807) is 0 Å². The lowest BCUT2D eigenvalue weighted by molar-refractivity contribution is 0.437. The van der Waals surface area contributed by atoms with Crippen LogP contribution in [0.3, 0.4) is 0 Å². The van der Waals surface area contributed by atoms with E-state index in [9.17, 15) is 0 Å². The van der Waals surface area contributed by atoms with Crippen molar-refractivity contribution in [3.8, 4) is 33.8 Å². The van der Waals surface area contributed by atoms with Crippen LogP contribution in [-0.2, 0) is 5.41 Å². The average Bonchev–Trinajstić information content (AvgIpc) is 3.95. The van der Waals surface area contributed by atoms with E-state index < -0.39 is 5.41 Å². The number of nitrogens with zero attached hydrogens (tertiary/aromatic N) is 1. The molecule has 0 N–H and O–H groups in total. The minimum atomic E-state index is -0.567. The van der Waals surface area contributed by atoms with E-state index in [-0.39, 0.29) is 0 Å². The van der Waals surface area contributed by atoms with E-state index in [4.69, 9.17) is 4.74 Å². The second-order valence-electron chi connectivity index (χ2n) is 16.0. The number of ether oxygens (including phenoxy) is 1. The monoisotopic (exact) mass is 801 g/mol. The van der Waals surface area contributed by atoms with Crippen molar-refractivity contribution < 1.29 is 4.74 Å². The third kappa shape index (κ3) is 4.69. The number of hydrogen-bond donors (Lipinski definition) is 0. The molecule has 0 saturated heterocycles. The van der Waals surface area contributed by atoms with Crippen LogP contribution in [0.1, 0.15) is 27.8 Å². The van der Waals surface area contributed by atoms with Gasteiger partial charge in [-0.3, -0.25) is 0 Å². The maximum Gasteiger partial charge on any atom is 0.156 e. The van der Waals surface area contributed by atoms with Crippen molar-refractivity contribution in [2.75, 3.05) is 4.90 Å². The largest absolute Gasteiger partial charge is 0.454 e. The van der Waals surface area contributed by atoms with E-state index in [0.29, 0.717) is 0 Å².